The third-order valence-electron chi connectivity index (χ3n) is 5.15. The van der Waals surface area contributed by atoms with Gasteiger partial charge < -0.3 is 14.4 Å². The molecule has 5 heteroatoms. The van der Waals surface area contributed by atoms with Gasteiger partial charge in [-0.1, -0.05) is 18.2 Å². The fourth-order valence-electron chi connectivity index (χ4n) is 3.94. The lowest BCUT2D eigenvalue weighted by molar-refractivity contribution is 0.219. The van der Waals surface area contributed by atoms with Gasteiger partial charge in [-0.2, -0.15) is 0 Å². The van der Waals surface area contributed by atoms with E-state index in [1.807, 2.05) is 12.1 Å². The van der Waals surface area contributed by atoms with Crippen molar-refractivity contribution in [3.63, 3.8) is 0 Å². The number of hydrogen-bond donors (Lipinski definition) is 1. The number of halogens is 1. The number of aromatic nitrogens is 1. The molecule has 1 aromatic heterocycles. The predicted molar refractivity (Wildman–Crippen MR) is 102 cm³/mol. The summed E-state index contributed by atoms with van der Waals surface area (Å²) in [6, 6.07) is 16.5. The van der Waals surface area contributed by atoms with Crippen molar-refractivity contribution in [1.82, 2.24) is 9.47 Å². The van der Waals surface area contributed by atoms with Crippen LogP contribution in [-0.2, 0) is 13.1 Å². The van der Waals surface area contributed by atoms with Crippen LogP contribution in [0.25, 0.3) is 0 Å². The fourth-order valence-corrected chi connectivity index (χ4v) is 3.94. The standard InChI is InChI=1S/C22H23FN2O2/c1-27-21-9-8-17(14-20(21)26)22-19-7-3-10-24(19)11-4-12-25(22)15-16-5-2-6-18(23)13-16/h2-3,5-10,13-14,22,26H,4,11-12,15H2,1H3. The summed E-state index contributed by atoms with van der Waals surface area (Å²) in [5, 5.41) is 10.3. The predicted octanol–water partition coefficient (Wildman–Crippen LogP) is 4.34. The highest BCUT2D eigenvalue weighted by Crippen LogP contribution is 2.37. The molecule has 0 radical (unpaired) electrons. The molecule has 0 aliphatic carbocycles. The molecule has 2 aromatic carbocycles. The maximum Gasteiger partial charge on any atom is 0.160 e. The summed E-state index contributed by atoms with van der Waals surface area (Å²) in [7, 11) is 1.54. The number of hydrogen-bond acceptors (Lipinski definition) is 3. The summed E-state index contributed by atoms with van der Waals surface area (Å²) < 4.78 is 21.1. The van der Waals surface area contributed by atoms with Gasteiger partial charge in [-0.25, -0.2) is 4.39 Å². The van der Waals surface area contributed by atoms with Crippen LogP contribution in [0.15, 0.2) is 60.8 Å². The highest BCUT2D eigenvalue weighted by molar-refractivity contribution is 5.44. The van der Waals surface area contributed by atoms with Gasteiger partial charge in [-0.3, -0.25) is 4.90 Å². The molecule has 0 amide bonds. The molecule has 1 N–H and O–H groups in total. The minimum absolute atomic E-state index is 0.0254. The Bertz CT molecular complexity index is 938. The molecule has 0 bridgehead atoms. The topological polar surface area (TPSA) is 37.6 Å². The zero-order valence-electron chi connectivity index (χ0n) is 15.3. The molecule has 0 fully saturated rings. The van der Waals surface area contributed by atoms with Crippen LogP contribution in [0.1, 0.15) is 29.3 Å². The van der Waals surface area contributed by atoms with E-state index in [4.69, 9.17) is 4.74 Å². The Morgan fingerprint density at radius 2 is 2.00 bits per heavy atom. The van der Waals surface area contributed by atoms with Crippen molar-refractivity contribution in [3.8, 4) is 11.5 Å². The molecule has 27 heavy (non-hydrogen) atoms. The maximum absolute atomic E-state index is 13.7. The second-order valence-corrected chi connectivity index (χ2v) is 6.91. The number of rotatable bonds is 4. The van der Waals surface area contributed by atoms with E-state index >= 15 is 0 Å². The summed E-state index contributed by atoms with van der Waals surface area (Å²) in [4.78, 5) is 2.34. The van der Waals surface area contributed by atoms with Crippen LogP contribution in [0.2, 0.25) is 0 Å². The molecular weight excluding hydrogens is 343 g/mol. The van der Waals surface area contributed by atoms with E-state index in [1.165, 1.54) is 11.8 Å². The molecule has 0 saturated heterocycles. The molecule has 3 aromatic rings. The molecule has 4 rings (SSSR count). The number of aromatic hydroxyl groups is 1. The molecule has 1 aliphatic rings. The van der Waals surface area contributed by atoms with Gasteiger partial charge in [0.2, 0.25) is 0 Å². The third-order valence-corrected chi connectivity index (χ3v) is 5.15. The SMILES string of the molecule is COc1ccc(C2c3cccn3CCCN2Cc2cccc(F)c2)cc1O. The van der Waals surface area contributed by atoms with E-state index in [0.717, 1.165) is 30.6 Å². The van der Waals surface area contributed by atoms with Gasteiger partial charge in [0, 0.05) is 31.5 Å². The third kappa shape index (κ3) is 3.55. The maximum atomic E-state index is 13.7. The fraction of sp³-hybridized carbons (Fsp3) is 0.273. The first-order valence-corrected chi connectivity index (χ1v) is 9.16. The number of methoxy groups -OCH3 is 1. The van der Waals surface area contributed by atoms with Gasteiger partial charge in [0.1, 0.15) is 5.82 Å². The van der Waals surface area contributed by atoms with Crippen LogP contribution >= 0.6 is 0 Å². The average Bonchev–Trinajstić information content (AvgIpc) is 3.03. The van der Waals surface area contributed by atoms with E-state index in [2.05, 4.69) is 27.8 Å². The van der Waals surface area contributed by atoms with Crippen molar-refractivity contribution in [2.75, 3.05) is 13.7 Å². The van der Waals surface area contributed by atoms with Gasteiger partial charge in [-0.15, -0.1) is 0 Å². The van der Waals surface area contributed by atoms with Crippen molar-refractivity contribution < 1.29 is 14.2 Å². The first kappa shape index (κ1) is 17.6. The Morgan fingerprint density at radius 1 is 1.11 bits per heavy atom. The van der Waals surface area contributed by atoms with Crippen LogP contribution < -0.4 is 4.74 Å². The van der Waals surface area contributed by atoms with E-state index in [-0.39, 0.29) is 17.6 Å². The summed E-state index contributed by atoms with van der Waals surface area (Å²) in [5.74, 6) is 0.367. The number of benzene rings is 2. The average molecular weight is 366 g/mol. The van der Waals surface area contributed by atoms with Crippen molar-refractivity contribution in [2.45, 2.75) is 25.6 Å². The first-order valence-electron chi connectivity index (χ1n) is 9.16. The van der Waals surface area contributed by atoms with Gasteiger partial charge >= 0.3 is 0 Å². The molecule has 1 aliphatic heterocycles. The van der Waals surface area contributed by atoms with E-state index < -0.39 is 0 Å². The van der Waals surface area contributed by atoms with Crippen LogP contribution in [0.5, 0.6) is 11.5 Å². The smallest absolute Gasteiger partial charge is 0.160 e. The zero-order chi connectivity index (χ0) is 18.8. The second-order valence-electron chi connectivity index (χ2n) is 6.91. The molecule has 1 atom stereocenters. The van der Waals surface area contributed by atoms with E-state index in [1.54, 1.807) is 31.4 Å². The van der Waals surface area contributed by atoms with Gasteiger partial charge in [-0.05, 0) is 53.9 Å². The van der Waals surface area contributed by atoms with Crippen LogP contribution in [0, 0.1) is 5.82 Å². The lowest BCUT2D eigenvalue weighted by atomic mass is 10.0. The number of phenols is 1. The molecule has 0 spiro atoms. The quantitative estimate of drug-likeness (QED) is 0.747. The van der Waals surface area contributed by atoms with Crippen molar-refractivity contribution in [2.24, 2.45) is 0 Å². The molecule has 4 nitrogen and oxygen atoms in total. The monoisotopic (exact) mass is 366 g/mol. The molecule has 2 heterocycles. The van der Waals surface area contributed by atoms with Gasteiger partial charge in [0.15, 0.2) is 11.5 Å². The highest BCUT2D eigenvalue weighted by atomic mass is 19.1. The van der Waals surface area contributed by atoms with Crippen LogP contribution in [0.3, 0.4) is 0 Å². The Labute approximate surface area is 158 Å². The Hall–Kier alpha value is -2.79. The van der Waals surface area contributed by atoms with Crippen molar-refractivity contribution in [3.05, 3.63) is 83.4 Å². The van der Waals surface area contributed by atoms with Crippen molar-refractivity contribution >= 4 is 0 Å². The first-order chi connectivity index (χ1) is 13.2. The number of phenolic OH excluding ortho intramolecular Hbond substituents is 1. The Balaban J connectivity index is 1.75. The second kappa shape index (κ2) is 7.45. The lowest BCUT2D eigenvalue weighted by Crippen LogP contribution is -2.29. The lowest BCUT2D eigenvalue weighted by Gasteiger charge is -2.31. The zero-order valence-corrected chi connectivity index (χ0v) is 15.3. The highest BCUT2D eigenvalue weighted by Gasteiger charge is 2.28. The summed E-state index contributed by atoms with van der Waals surface area (Å²) in [5.41, 5.74) is 3.11. The van der Waals surface area contributed by atoms with Gasteiger partial charge in [0.05, 0.1) is 13.2 Å². The minimum atomic E-state index is -0.218. The number of aryl methyl sites for hydroxylation is 1. The Kier molecular flexibility index (Phi) is 4.86. The molecular formula is C22H23FN2O2. The molecule has 1 unspecified atom stereocenters. The minimum Gasteiger partial charge on any atom is -0.504 e. The molecule has 0 saturated carbocycles. The number of ether oxygens (including phenoxy) is 1. The van der Waals surface area contributed by atoms with E-state index in [0.29, 0.717) is 12.3 Å². The van der Waals surface area contributed by atoms with Crippen LogP contribution in [-0.4, -0.2) is 28.2 Å². The van der Waals surface area contributed by atoms with Gasteiger partial charge in [0.25, 0.3) is 0 Å². The van der Waals surface area contributed by atoms with Crippen LogP contribution in [0.4, 0.5) is 4.39 Å². The largest absolute Gasteiger partial charge is 0.504 e. The van der Waals surface area contributed by atoms with E-state index in [9.17, 15) is 9.50 Å². The normalized spacial score (nSPS) is 17.3. The molecule has 140 valence electrons. The summed E-state index contributed by atoms with van der Waals surface area (Å²) in [6.45, 7) is 2.47. The number of fused-ring (bicyclic) bond motifs is 1. The van der Waals surface area contributed by atoms with Crippen molar-refractivity contribution in [1.29, 1.82) is 0 Å². The summed E-state index contributed by atoms with van der Waals surface area (Å²) in [6.07, 6.45) is 3.10. The summed E-state index contributed by atoms with van der Waals surface area (Å²) >= 11 is 0. The number of nitrogens with zero attached hydrogens (tertiary/aromatic N) is 2. The Morgan fingerprint density at radius 3 is 2.78 bits per heavy atom.